The van der Waals surface area contributed by atoms with E-state index in [1.54, 1.807) is 12.1 Å². The molecule has 0 bridgehead atoms. The second kappa shape index (κ2) is 10.1. The van der Waals surface area contributed by atoms with E-state index in [2.05, 4.69) is 10.0 Å². The van der Waals surface area contributed by atoms with Gasteiger partial charge in [-0.3, -0.25) is 4.79 Å². The molecule has 1 amide bonds. The molecule has 2 unspecified atom stereocenters. The third-order valence-electron chi connectivity index (χ3n) is 4.89. The quantitative estimate of drug-likeness (QED) is 0.634. The van der Waals surface area contributed by atoms with E-state index in [0.717, 1.165) is 18.4 Å². The SMILES string of the molecule is CCC(Oc1cccc(C)c1)C(=O)Nc1ccc(S(=O)(=O)NCC2CCCO2)cc1. The summed E-state index contributed by atoms with van der Waals surface area (Å²) in [5.74, 6) is 0.349. The fourth-order valence-corrected chi connectivity index (χ4v) is 4.27. The summed E-state index contributed by atoms with van der Waals surface area (Å²) in [6, 6.07) is 13.6. The average Bonchev–Trinajstić information content (AvgIpc) is 3.25. The second-order valence-corrected chi connectivity index (χ2v) is 9.10. The highest BCUT2D eigenvalue weighted by atomic mass is 32.2. The van der Waals surface area contributed by atoms with Crippen molar-refractivity contribution >= 4 is 21.6 Å². The van der Waals surface area contributed by atoms with Crippen LogP contribution in [0, 0.1) is 6.92 Å². The first-order valence-electron chi connectivity index (χ1n) is 10.1. The molecule has 2 aromatic rings. The van der Waals surface area contributed by atoms with Crippen molar-refractivity contribution in [3.05, 3.63) is 54.1 Å². The monoisotopic (exact) mass is 432 g/mol. The molecule has 0 spiro atoms. The molecule has 1 aliphatic rings. The van der Waals surface area contributed by atoms with E-state index in [-0.39, 0.29) is 23.5 Å². The number of anilines is 1. The third-order valence-corrected chi connectivity index (χ3v) is 6.33. The van der Waals surface area contributed by atoms with Crippen LogP contribution in [-0.2, 0) is 19.6 Å². The van der Waals surface area contributed by atoms with Crippen molar-refractivity contribution in [2.45, 2.75) is 50.2 Å². The number of nitrogens with one attached hydrogen (secondary N) is 2. The Kier molecular flexibility index (Phi) is 7.47. The van der Waals surface area contributed by atoms with E-state index in [1.165, 1.54) is 12.1 Å². The van der Waals surface area contributed by atoms with Gasteiger partial charge in [-0.25, -0.2) is 13.1 Å². The van der Waals surface area contributed by atoms with Crippen LogP contribution in [0.4, 0.5) is 5.69 Å². The Labute approximate surface area is 177 Å². The molecule has 8 heteroatoms. The minimum Gasteiger partial charge on any atom is -0.481 e. The third kappa shape index (κ3) is 6.04. The lowest BCUT2D eigenvalue weighted by molar-refractivity contribution is -0.122. The highest BCUT2D eigenvalue weighted by molar-refractivity contribution is 7.89. The number of ether oxygens (including phenoxy) is 2. The van der Waals surface area contributed by atoms with Gasteiger partial charge in [0.2, 0.25) is 10.0 Å². The van der Waals surface area contributed by atoms with E-state index in [9.17, 15) is 13.2 Å². The second-order valence-electron chi connectivity index (χ2n) is 7.33. The number of benzene rings is 2. The normalized spacial score (nSPS) is 17.5. The molecular formula is C22H28N2O5S. The van der Waals surface area contributed by atoms with E-state index in [0.29, 0.717) is 24.5 Å². The van der Waals surface area contributed by atoms with Crippen LogP contribution in [0.25, 0.3) is 0 Å². The Bertz CT molecular complexity index is 954. The summed E-state index contributed by atoms with van der Waals surface area (Å²) in [6.45, 7) is 4.76. The Morgan fingerprint density at radius 2 is 2.00 bits per heavy atom. The van der Waals surface area contributed by atoms with Crippen LogP contribution in [-0.4, -0.2) is 39.7 Å². The first-order chi connectivity index (χ1) is 14.4. The molecule has 162 valence electrons. The largest absolute Gasteiger partial charge is 0.481 e. The van der Waals surface area contributed by atoms with Crippen molar-refractivity contribution in [2.75, 3.05) is 18.5 Å². The Morgan fingerprint density at radius 1 is 1.23 bits per heavy atom. The molecular weight excluding hydrogens is 404 g/mol. The number of hydrogen-bond acceptors (Lipinski definition) is 5. The predicted molar refractivity (Wildman–Crippen MR) is 115 cm³/mol. The molecule has 2 N–H and O–H groups in total. The van der Waals surface area contributed by atoms with Crippen molar-refractivity contribution in [1.82, 2.24) is 4.72 Å². The smallest absolute Gasteiger partial charge is 0.265 e. The van der Waals surface area contributed by atoms with Crippen LogP contribution in [0.3, 0.4) is 0 Å². The standard InChI is InChI=1S/C22H28N2O5S/c1-3-21(29-18-7-4-6-16(2)14-18)22(25)24-17-9-11-20(12-10-17)30(26,27)23-15-19-8-5-13-28-19/h4,6-7,9-12,14,19,21,23H,3,5,8,13,15H2,1-2H3,(H,24,25). The molecule has 2 aromatic carbocycles. The molecule has 0 radical (unpaired) electrons. The van der Waals surface area contributed by atoms with Crippen LogP contribution in [0.2, 0.25) is 0 Å². The van der Waals surface area contributed by atoms with E-state index in [4.69, 9.17) is 9.47 Å². The lowest BCUT2D eigenvalue weighted by Crippen LogP contribution is -2.32. The van der Waals surface area contributed by atoms with Gasteiger partial charge in [-0.05, 0) is 68.1 Å². The highest BCUT2D eigenvalue weighted by Crippen LogP contribution is 2.18. The molecule has 1 fully saturated rings. The maximum atomic E-state index is 12.6. The molecule has 1 heterocycles. The van der Waals surface area contributed by atoms with Gasteiger partial charge in [-0.1, -0.05) is 19.1 Å². The zero-order valence-electron chi connectivity index (χ0n) is 17.3. The number of rotatable bonds is 9. The van der Waals surface area contributed by atoms with Gasteiger partial charge in [0.15, 0.2) is 6.10 Å². The predicted octanol–water partition coefficient (Wildman–Crippen LogP) is 3.25. The number of sulfonamides is 1. The Morgan fingerprint density at radius 3 is 2.63 bits per heavy atom. The molecule has 1 aliphatic heterocycles. The van der Waals surface area contributed by atoms with Crippen LogP contribution < -0.4 is 14.8 Å². The van der Waals surface area contributed by atoms with E-state index >= 15 is 0 Å². The molecule has 3 rings (SSSR count). The van der Waals surface area contributed by atoms with E-state index in [1.807, 2.05) is 38.1 Å². The molecule has 7 nitrogen and oxygen atoms in total. The Balaban J connectivity index is 1.58. The molecule has 1 saturated heterocycles. The summed E-state index contributed by atoms with van der Waals surface area (Å²) < 4.78 is 38.7. The van der Waals surface area contributed by atoms with Gasteiger partial charge in [-0.2, -0.15) is 0 Å². The van der Waals surface area contributed by atoms with Crippen molar-refractivity contribution in [3.8, 4) is 5.75 Å². The summed E-state index contributed by atoms with van der Waals surface area (Å²) >= 11 is 0. The number of aryl methyl sites for hydroxylation is 1. The zero-order chi connectivity index (χ0) is 21.6. The Hall–Kier alpha value is -2.42. The van der Waals surface area contributed by atoms with Gasteiger partial charge in [-0.15, -0.1) is 0 Å². The van der Waals surface area contributed by atoms with Crippen LogP contribution >= 0.6 is 0 Å². The molecule has 2 atom stereocenters. The maximum absolute atomic E-state index is 12.6. The summed E-state index contributed by atoms with van der Waals surface area (Å²) in [7, 11) is -3.63. The molecule has 0 saturated carbocycles. The van der Waals surface area contributed by atoms with Crippen molar-refractivity contribution < 1.29 is 22.7 Å². The first kappa shape index (κ1) is 22.3. The minimum atomic E-state index is -3.63. The number of hydrogen-bond donors (Lipinski definition) is 2. The summed E-state index contributed by atoms with van der Waals surface area (Å²) in [5.41, 5.74) is 1.55. The van der Waals surface area contributed by atoms with Crippen LogP contribution in [0.5, 0.6) is 5.75 Å². The van der Waals surface area contributed by atoms with Crippen molar-refractivity contribution in [3.63, 3.8) is 0 Å². The van der Waals surface area contributed by atoms with Gasteiger partial charge in [0.25, 0.3) is 5.91 Å². The summed E-state index contributed by atoms with van der Waals surface area (Å²) in [4.78, 5) is 12.7. The number of amides is 1. The number of carbonyl (C=O) groups is 1. The van der Waals surface area contributed by atoms with Gasteiger partial charge < -0.3 is 14.8 Å². The fraction of sp³-hybridized carbons (Fsp3) is 0.409. The van der Waals surface area contributed by atoms with Crippen molar-refractivity contribution in [2.24, 2.45) is 0 Å². The van der Waals surface area contributed by atoms with Crippen molar-refractivity contribution in [1.29, 1.82) is 0 Å². The number of carbonyl (C=O) groups excluding carboxylic acids is 1. The van der Waals surface area contributed by atoms with Gasteiger partial charge in [0.05, 0.1) is 11.0 Å². The molecule has 0 aromatic heterocycles. The molecule has 0 aliphatic carbocycles. The zero-order valence-corrected chi connectivity index (χ0v) is 18.1. The topological polar surface area (TPSA) is 93.7 Å². The lowest BCUT2D eigenvalue weighted by atomic mass is 10.2. The fourth-order valence-electron chi connectivity index (χ4n) is 3.21. The van der Waals surface area contributed by atoms with Gasteiger partial charge >= 0.3 is 0 Å². The average molecular weight is 433 g/mol. The van der Waals surface area contributed by atoms with Gasteiger partial charge in [0.1, 0.15) is 5.75 Å². The first-order valence-corrected chi connectivity index (χ1v) is 11.6. The van der Waals surface area contributed by atoms with Crippen LogP contribution in [0.1, 0.15) is 31.7 Å². The van der Waals surface area contributed by atoms with E-state index < -0.39 is 16.1 Å². The summed E-state index contributed by atoms with van der Waals surface area (Å²) in [5, 5.41) is 2.78. The minimum absolute atomic E-state index is 0.0716. The highest BCUT2D eigenvalue weighted by Gasteiger charge is 2.21. The van der Waals surface area contributed by atoms with Gasteiger partial charge in [0, 0.05) is 18.8 Å². The lowest BCUT2D eigenvalue weighted by Gasteiger charge is -2.18. The van der Waals surface area contributed by atoms with Crippen LogP contribution in [0.15, 0.2) is 53.4 Å². The maximum Gasteiger partial charge on any atom is 0.265 e. The summed E-state index contributed by atoms with van der Waals surface area (Å²) in [6.07, 6.45) is 1.59. The molecule has 30 heavy (non-hydrogen) atoms.